The van der Waals surface area contributed by atoms with E-state index < -0.39 is 41.4 Å². The maximum atomic E-state index is 13.7. The number of carboxylic acid groups (broad SMARTS) is 1. The van der Waals surface area contributed by atoms with E-state index in [1.807, 2.05) is 0 Å². The number of carbonyl (C=O) groups is 2. The minimum atomic E-state index is -4.63. The van der Waals surface area contributed by atoms with E-state index in [1.54, 1.807) is 6.07 Å². The summed E-state index contributed by atoms with van der Waals surface area (Å²) in [5.74, 6) is -5.39. The zero-order chi connectivity index (χ0) is 26.3. The Bertz CT molecular complexity index is 1130. The molecule has 2 aromatic rings. The third-order valence-electron chi connectivity index (χ3n) is 7.11. The molecular formula is C26H26Cl2F3NO4. The number of benzene rings is 2. The predicted octanol–water partition coefficient (Wildman–Crippen LogP) is 7.39. The summed E-state index contributed by atoms with van der Waals surface area (Å²) in [6.07, 6.45) is -2.10. The maximum absolute atomic E-state index is 13.7. The van der Waals surface area contributed by atoms with Crippen LogP contribution in [0.1, 0.15) is 62.2 Å². The number of ether oxygens (including phenoxy) is 1. The molecule has 2 saturated carbocycles. The molecule has 2 aromatic carbocycles. The van der Waals surface area contributed by atoms with Gasteiger partial charge < -0.3 is 15.2 Å². The monoisotopic (exact) mass is 543 g/mol. The van der Waals surface area contributed by atoms with Crippen molar-refractivity contribution in [2.24, 2.45) is 11.3 Å². The zero-order valence-electron chi connectivity index (χ0n) is 19.4. The molecule has 194 valence electrons. The van der Waals surface area contributed by atoms with Crippen molar-refractivity contribution in [3.63, 3.8) is 0 Å². The van der Waals surface area contributed by atoms with Gasteiger partial charge in [-0.2, -0.15) is 13.2 Å². The van der Waals surface area contributed by atoms with Crippen molar-refractivity contribution in [1.82, 2.24) is 0 Å². The Kier molecular flexibility index (Phi) is 7.60. The van der Waals surface area contributed by atoms with E-state index in [-0.39, 0.29) is 22.4 Å². The average Bonchev–Trinajstić information content (AvgIpc) is 3.59. The van der Waals surface area contributed by atoms with E-state index in [1.165, 1.54) is 36.4 Å². The lowest BCUT2D eigenvalue weighted by Gasteiger charge is -2.44. The smallest absolute Gasteiger partial charge is 0.392 e. The summed E-state index contributed by atoms with van der Waals surface area (Å²) < 4.78 is 47.2. The van der Waals surface area contributed by atoms with Crippen LogP contribution in [0.15, 0.2) is 42.5 Å². The van der Waals surface area contributed by atoms with Crippen molar-refractivity contribution in [2.75, 3.05) is 5.32 Å². The van der Waals surface area contributed by atoms with Crippen LogP contribution in [-0.4, -0.2) is 29.3 Å². The number of nitrogens with one attached hydrogen (secondary N) is 1. The van der Waals surface area contributed by atoms with Gasteiger partial charge >= 0.3 is 12.1 Å². The normalized spacial score (nSPS) is 19.6. The highest BCUT2D eigenvalue weighted by molar-refractivity contribution is 6.33. The van der Waals surface area contributed by atoms with Crippen molar-refractivity contribution in [2.45, 2.75) is 63.3 Å². The fraction of sp³-hybridized carbons (Fsp3) is 0.462. The van der Waals surface area contributed by atoms with Crippen LogP contribution in [0.4, 0.5) is 18.9 Å². The molecule has 0 spiro atoms. The standard InChI is InChI=1S/C26H26Cl2F3NO4/c1-14(26(29,30)31)21(15-3-6-17(27)7-4-15)23(33)32-20-13-16(5-10-19(20)28)22(36-18-8-9-18)25(24(34)35)11-2-12-25/h3-7,10,13-14,18,21-22H,2,8-9,11-12H2,1H3,(H,32,33)(H,34,35)/t14-,21+,22?/m1/s1. The summed E-state index contributed by atoms with van der Waals surface area (Å²) in [4.78, 5) is 25.4. The van der Waals surface area contributed by atoms with Gasteiger partial charge in [0.1, 0.15) is 0 Å². The van der Waals surface area contributed by atoms with Crippen LogP contribution in [-0.2, 0) is 14.3 Å². The lowest BCUT2D eigenvalue weighted by Crippen LogP contribution is -2.44. The maximum Gasteiger partial charge on any atom is 0.392 e. The van der Waals surface area contributed by atoms with Crippen molar-refractivity contribution in [1.29, 1.82) is 0 Å². The van der Waals surface area contributed by atoms with Crippen LogP contribution in [0.2, 0.25) is 10.0 Å². The number of hydrogen-bond donors (Lipinski definition) is 2. The Morgan fingerprint density at radius 3 is 2.19 bits per heavy atom. The minimum Gasteiger partial charge on any atom is -0.481 e. The summed E-state index contributed by atoms with van der Waals surface area (Å²) in [7, 11) is 0. The van der Waals surface area contributed by atoms with Gasteiger partial charge in [-0.3, -0.25) is 9.59 Å². The second-order valence-corrected chi connectivity index (χ2v) is 10.5. The molecule has 36 heavy (non-hydrogen) atoms. The van der Waals surface area contributed by atoms with Crippen molar-refractivity contribution < 1.29 is 32.6 Å². The number of halogens is 5. The third kappa shape index (κ3) is 5.50. The first-order valence-electron chi connectivity index (χ1n) is 11.7. The Morgan fingerprint density at radius 1 is 1.08 bits per heavy atom. The van der Waals surface area contributed by atoms with Gasteiger partial charge in [0, 0.05) is 5.02 Å². The summed E-state index contributed by atoms with van der Waals surface area (Å²) in [6, 6.07) is 10.3. The molecule has 0 saturated heterocycles. The highest BCUT2D eigenvalue weighted by Gasteiger charge is 2.53. The number of anilines is 1. The average molecular weight is 544 g/mol. The highest BCUT2D eigenvalue weighted by Crippen LogP contribution is 2.54. The van der Waals surface area contributed by atoms with E-state index in [2.05, 4.69) is 5.32 Å². The molecule has 1 amide bonds. The molecule has 3 atom stereocenters. The molecule has 4 rings (SSSR count). The van der Waals surface area contributed by atoms with Crippen LogP contribution >= 0.6 is 23.2 Å². The zero-order valence-corrected chi connectivity index (χ0v) is 21.0. The Labute approximate surface area is 216 Å². The van der Waals surface area contributed by atoms with Gasteiger partial charge in [-0.05, 0) is 61.1 Å². The lowest BCUT2D eigenvalue weighted by molar-refractivity contribution is -0.178. The molecule has 2 aliphatic rings. The largest absolute Gasteiger partial charge is 0.481 e. The number of aliphatic carboxylic acids is 1. The van der Waals surface area contributed by atoms with Gasteiger partial charge in [-0.1, -0.05) is 54.7 Å². The fourth-order valence-electron chi connectivity index (χ4n) is 4.61. The van der Waals surface area contributed by atoms with E-state index in [4.69, 9.17) is 27.9 Å². The first-order chi connectivity index (χ1) is 16.9. The van der Waals surface area contributed by atoms with E-state index in [0.717, 1.165) is 26.2 Å². The number of rotatable bonds is 9. The topological polar surface area (TPSA) is 75.6 Å². The number of carbonyl (C=O) groups excluding carboxylic acids is 1. The summed E-state index contributed by atoms with van der Waals surface area (Å²) in [5, 5.41) is 13.0. The molecule has 2 N–H and O–H groups in total. The van der Waals surface area contributed by atoms with Gasteiger partial charge in [-0.15, -0.1) is 0 Å². The van der Waals surface area contributed by atoms with Gasteiger partial charge in [0.2, 0.25) is 5.91 Å². The van der Waals surface area contributed by atoms with E-state index in [9.17, 15) is 27.9 Å². The van der Waals surface area contributed by atoms with Gasteiger partial charge in [-0.25, -0.2) is 0 Å². The molecule has 2 fully saturated rings. The van der Waals surface area contributed by atoms with Gasteiger partial charge in [0.15, 0.2) is 0 Å². The summed E-state index contributed by atoms with van der Waals surface area (Å²) >= 11 is 12.2. The van der Waals surface area contributed by atoms with Crippen molar-refractivity contribution >= 4 is 40.8 Å². The SMILES string of the molecule is C[C@H]([C@H](C(=O)Nc1cc(C(OC2CC2)C2(C(=O)O)CCC2)ccc1Cl)c1ccc(Cl)cc1)C(F)(F)F. The molecule has 0 bridgehead atoms. The molecule has 2 aliphatic carbocycles. The minimum absolute atomic E-state index is 0.0394. The van der Waals surface area contributed by atoms with Crippen molar-refractivity contribution in [3.05, 3.63) is 63.6 Å². The lowest BCUT2D eigenvalue weighted by atomic mass is 9.63. The second-order valence-electron chi connectivity index (χ2n) is 9.62. The van der Waals surface area contributed by atoms with Gasteiger partial charge in [0.05, 0.1) is 40.2 Å². The molecule has 5 nitrogen and oxygen atoms in total. The number of carboxylic acids is 1. The molecule has 0 heterocycles. The van der Waals surface area contributed by atoms with Crippen molar-refractivity contribution in [3.8, 4) is 0 Å². The van der Waals surface area contributed by atoms with Crippen LogP contribution in [0.5, 0.6) is 0 Å². The molecule has 0 radical (unpaired) electrons. The fourth-order valence-corrected chi connectivity index (χ4v) is 4.90. The van der Waals surface area contributed by atoms with Gasteiger partial charge in [0.25, 0.3) is 0 Å². The Morgan fingerprint density at radius 2 is 1.69 bits per heavy atom. The molecule has 10 heteroatoms. The predicted molar refractivity (Wildman–Crippen MR) is 130 cm³/mol. The van der Waals surface area contributed by atoms with Crippen LogP contribution in [0, 0.1) is 11.3 Å². The molecular weight excluding hydrogens is 518 g/mol. The number of amides is 1. The van der Waals surface area contributed by atoms with E-state index >= 15 is 0 Å². The quantitative estimate of drug-likeness (QED) is 0.345. The Hall–Kier alpha value is -2.29. The molecule has 0 aliphatic heterocycles. The Balaban J connectivity index is 1.66. The molecule has 1 unspecified atom stereocenters. The van der Waals surface area contributed by atoms with E-state index in [0.29, 0.717) is 23.4 Å². The summed E-state index contributed by atoms with van der Waals surface area (Å²) in [6.45, 7) is 0.948. The highest BCUT2D eigenvalue weighted by atomic mass is 35.5. The number of alkyl halides is 3. The number of hydrogen-bond acceptors (Lipinski definition) is 3. The van der Waals surface area contributed by atoms with Crippen LogP contribution < -0.4 is 5.32 Å². The van der Waals surface area contributed by atoms with Crippen LogP contribution in [0.25, 0.3) is 0 Å². The second kappa shape index (κ2) is 10.2. The molecule has 0 aromatic heterocycles. The summed E-state index contributed by atoms with van der Waals surface area (Å²) in [5.41, 5.74) is -0.329. The first kappa shape index (κ1) is 26.8. The van der Waals surface area contributed by atoms with Crippen LogP contribution in [0.3, 0.4) is 0 Å². The first-order valence-corrected chi connectivity index (χ1v) is 12.5. The third-order valence-corrected chi connectivity index (χ3v) is 7.69.